The van der Waals surface area contributed by atoms with E-state index in [0.717, 1.165) is 12.8 Å². The molecule has 1 fully saturated rings. The first-order chi connectivity index (χ1) is 14.9. The minimum atomic E-state index is -0.546. The van der Waals surface area contributed by atoms with E-state index in [1.54, 1.807) is 35.2 Å². The van der Waals surface area contributed by atoms with Gasteiger partial charge in [-0.15, -0.1) is 0 Å². The molecule has 0 saturated carbocycles. The molecular formula is C24H29FN2O4. The van der Waals surface area contributed by atoms with E-state index in [1.165, 1.54) is 19.2 Å². The molecule has 1 aliphatic heterocycles. The molecule has 0 radical (unpaired) electrons. The Balaban J connectivity index is 1.54. The minimum absolute atomic E-state index is 0.0785. The molecule has 0 spiro atoms. The van der Waals surface area contributed by atoms with Crippen molar-refractivity contribution in [3.05, 3.63) is 59.4 Å². The van der Waals surface area contributed by atoms with E-state index in [-0.39, 0.29) is 29.5 Å². The van der Waals surface area contributed by atoms with E-state index in [2.05, 4.69) is 5.32 Å². The Hall–Kier alpha value is -3.09. The average Bonchev–Trinajstić information content (AvgIpc) is 2.77. The van der Waals surface area contributed by atoms with Gasteiger partial charge in [-0.2, -0.15) is 0 Å². The summed E-state index contributed by atoms with van der Waals surface area (Å²) >= 11 is 0. The van der Waals surface area contributed by atoms with Gasteiger partial charge in [0, 0.05) is 36.2 Å². The summed E-state index contributed by atoms with van der Waals surface area (Å²) in [6.45, 7) is 5.50. The SMILES string of the molecule is COc1ccc(C(=O)N2CCCC(COc3ccc(C(=O)NC(C)C)cc3)C2)cc1F. The van der Waals surface area contributed by atoms with Crippen LogP contribution in [0.1, 0.15) is 47.4 Å². The van der Waals surface area contributed by atoms with Gasteiger partial charge < -0.3 is 19.7 Å². The van der Waals surface area contributed by atoms with Crippen LogP contribution in [0, 0.1) is 11.7 Å². The molecule has 3 rings (SSSR count). The number of nitrogens with zero attached hydrogens (tertiary/aromatic N) is 1. The van der Waals surface area contributed by atoms with Gasteiger partial charge in [0.05, 0.1) is 13.7 Å². The summed E-state index contributed by atoms with van der Waals surface area (Å²) in [5, 5.41) is 2.85. The molecule has 1 atom stereocenters. The molecule has 1 unspecified atom stereocenters. The largest absolute Gasteiger partial charge is 0.494 e. The zero-order chi connectivity index (χ0) is 22.4. The van der Waals surface area contributed by atoms with E-state index in [1.807, 2.05) is 13.8 Å². The van der Waals surface area contributed by atoms with Crippen molar-refractivity contribution in [1.82, 2.24) is 10.2 Å². The number of carbonyl (C=O) groups is 2. The molecule has 1 heterocycles. The van der Waals surface area contributed by atoms with Crippen LogP contribution >= 0.6 is 0 Å². The predicted molar refractivity (Wildman–Crippen MR) is 116 cm³/mol. The van der Waals surface area contributed by atoms with Crippen LogP contribution in [-0.4, -0.2) is 49.6 Å². The lowest BCUT2D eigenvalue weighted by molar-refractivity contribution is 0.0632. The normalized spacial score (nSPS) is 16.2. The van der Waals surface area contributed by atoms with E-state index in [0.29, 0.717) is 36.6 Å². The van der Waals surface area contributed by atoms with Gasteiger partial charge in [-0.3, -0.25) is 9.59 Å². The number of amides is 2. The second kappa shape index (κ2) is 10.3. The van der Waals surface area contributed by atoms with Gasteiger partial charge >= 0.3 is 0 Å². The summed E-state index contributed by atoms with van der Waals surface area (Å²) in [6.07, 6.45) is 1.82. The Morgan fingerprint density at radius 2 is 1.87 bits per heavy atom. The summed E-state index contributed by atoms with van der Waals surface area (Å²) in [4.78, 5) is 26.6. The van der Waals surface area contributed by atoms with Crippen LogP contribution in [-0.2, 0) is 0 Å². The van der Waals surface area contributed by atoms with Crippen molar-refractivity contribution in [3.63, 3.8) is 0 Å². The number of benzene rings is 2. The summed E-state index contributed by atoms with van der Waals surface area (Å²) in [7, 11) is 1.39. The van der Waals surface area contributed by atoms with Crippen molar-refractivity contribution < 1.29 is 23.5 Å². The van der Waals surface area contributed by atoms with Crippen molar-refractivity contribution in [2.75, 3.05) is 26.8 Å². The highest BCUT2D eigenvalue weighted by Gasteiger charge is 2.25. The van der Waals surface area contributed by atoms with Gasteiger partial charge in [0.2, 0.25) is 0 Å². The third kappa shape index (κ3) is 5.96. The molecule has 7 heteroatoms. The number of piperidine rings is 1. The Morgan fingerprint density at radius 1 is 1.16 bits per heavy atom. The van der Waals surface area contributed by atoms with Gasteiger partial charge in [0.15, 0.2) is 11.6 Å². The summed E-state index contributed by atoms with van der Waals surface area (Å²) in [6, 6.07) is 11.4. The molecule has 0 bridgehead atoms. The van der Waals surface area contributed by atoms with Crippen molar-refractivity contribution in [2.24, 2.45) is 5.92 Å². The number of hydrogen-bond acceptors (Lipinski definition) is 4. The lowest BCUT2D eigenvalue weighted by Crippen LogP contribution is -2.41. The quantitative estimate of drug-likeness (QED) is 0.726. The summed E-state index contributed by atoms with van der Waals surface area (Å²) in [5.74, 6) is 0.140. The fourth-order valence-electron chi connectivity index (χ4n) is 3.63. The lowest BCUT2D eigenvalue weighted by Gasteiger charge is -2.32. The minimum Gasteiger partial charge on any atom is -0.494 e. The first-order valence-electron chi connectivity index (χ1n) is 10.5. The number of hydrogen-bond donors (Lipinski definition) is 1. The number of rotatable bonds is 7. The van der Waals surface area contributed by atoms with Crippen LogP contribution in [0.15, 0.2) is 42.5 Å². The van der Waals surface area contributed by atoms with Crippen molar-refractivity contribution in [2.45, 2.75) is 32.7 Å². The second-order valence-corrected chi connectivity index (χ2v) is 8.07. The lowest BCUT2D eigenvalue weighted by atomic mass is 9.98. The third-order valence-electron chi connectivity index (χ3n) is 5.23. The molecular weight excluding hydrogens is 399 g/mol. The van der Waals surface area contributed by atoms with Gasteiger partial charge in [-0.1, -0.05) is 0 Å². The van der Waals surface area contributed by atoms with Crippen LogP contribution in [0.25, 0.3) is 0 Å². The molecule has 0 aliphatic carbocycles. The van der Waals surface area contributed by atoms with E-state index in [9.17, 15) is 14.0 Å². The van der Waals surface area contributed by atoms with Gasteiger partial charge in [-0.25, -0.2) is 4.39 Å². The first-order valence-corrected chi connectivity index (χ1v) is 10.5. The highest BCUT2D eigenvalue weighted by atomic mass is 19.1. The van der Waals surface area contributed by atoms with E-state index < -0.39 is 5.82 Å². The van der Waals surface area contributed by atoms with E-state index >= 15 is 0 Å². The summed E-state index contributed by atoms with van der Waals surface area (Å²) in [5.41, 5.74) is 0.900. The summed E-state index contributed by atoms with van der Waals surface area (Å²) < 4.78 is 24.8. The van der Waals surface area contributed by atoms with Crippen molar-refractivity contribution in [3.8, 4) is 11.5 Å². The molecule has 1 saturated heterocycles. The van der Waals surface area contributed by atoms with Crippen LogP contribution < -0.4 is 14.8 Å². The molecule has 1 N–H and O–H groups in total. The molecule has 2 amide bonds. The number of nitrogens with one attached hydrogen (secondary N) is 1. The smallest absolute Gasteiger partial charge is 0.253 e. The van der Waals surface area contributed by atoms with Crippen LogP contribution in [0.3, 0.4) is 0 Å². The number of methoxy groups -OCH3 is 1. The maximum absolute atomic E-state index is 14.0. The monoisotopic (exact) mass is 428 g/mol. The van der Waals surface area contributed by atoms with Gasteiger partial charge in [0.1, 0.15) is 5.75 Å². The zero-order valence-corrected chi connectivity index (χ0v) is 18.2. The number of likely N-dealkylation sites (tertiary alicyclic amines) is 1. The van der Waals surface area contributed by atoms with Gasteiger partial charge in [0.25, 0.3) is 11.8 Å². The highest BCUT2D eigenvalue weighted by Crippen LogP contribution is 2.23. The van der Waals surface area contributed by atoms with Crippen molar-refractivity contribution >= 4 is 11.8 Å². The van der Waals surface area contributed by atoms with Crippen LogP contribution in [0.5, 0.6) is 11.5 Å². The maximum atomic E-state index is 14.0. The van der Waals surface area contributed by atoms with E-state index in [4.69, 9.17) is 9.47 Å². The average molecular weight is 429 g/mol. The topological polar surface area (TPSA) is 67.9 Å². The second-order valence-electron chi connectivity index (χ2n) is 8.07. The third-order valence-corrected chi connectivity index (χ3v) is 5.23. The number of halogens is 1. The molecule has 0 aromatic heterocycles. The Labute approximate surface area is 182 Å². The number of ether oxygens (including phenoxy) is 2. The predicted octanol–water partition coefficient (Wildman–Crippen LogP) is 3.90. The molecule has 6 nitrogen and oxygen atoms in total. The Kier molecular flexibility index (Phi) is 7.50. The van der Waals surface area contributed by atoms with Crippen LogP contribution in [0.2, 0.25) is 0 Å². The number of carbonyl (C=O) groups excluding carboxylic acids is 2. The highest BCUT2D eigenvalue weighted by molar-refractivity contribution is 5.95. The molecule has 31 heavy (non-hydrogen) atoms. The first kappa shape index (κ1) is 22.6. The molecule has 2 aromatic carbocycles. The fourth-order valence-corrected chi connectivity index (χ4v) is 3.63. The standard InChI is InChI=1S/C24H29FN2O4/c1-16(2)26-23(28)18-6-9-20(10-7-18)31-15-17-5-4-12-27(14-17)24(29)19-8-11-22(30-3)21(25)13-19/h6-11,13,16-17H,4-5,12,14-15H2,1-3H3,(H,26,28). The Morgan fingerprint density at radius 3 is 2.52 bits per heavy atom. The van der Waals surface area contributed by atoms with Crippen LogP contribution in [0.4, 0.5) is 4.39 Å². The van der Waals surface area contributed by atoms with Crippen molar-refractivity contribution in [1.29, 1.82) is 0 Å². The molecule has 1 aliphatic rings. The van der Waals surface area contributed by atoms with Gasteiger partial charge in [-0.05, 0) is 69.2 Å². The zero-order valence-electron chi connectivity index (χ0n) is 18.2. The molecule has 166 valence electrons. The fraction of sp³-hybridized carbons (Fsp3) is 0.417. The maximum Gasteiger partial charge on any atom is 0.253 e. The molecule has 2 aromatic rings. The Bertz CT molecular complexity index is 914.